The van der Waals surface area contributed by atoms with Gasteiger partial charge in [0.25, 0.3) is 5.91 Å². The van der Waals surface area contributed by atoms with Gasteiger partial charge < -0.3 is 14.1 Å². The van der Waals surface area contributed by atoms with Gasteiger partial charge in [-0.1, -0.05) is 18.6 Å². The van der Waals surface area contributed by atoms with Crippen molar-refractivity contribution in [1.82, 2.24) is 9.88 Å². The molecule has 0 saturated heterocycles. The largest absolute Gasteiger partial charge is 0.444 e. The second-order valence-corrected chi connectivity index (χ2v) is 6.92. The third kappa shape index (κ3) is 2.18. The van der Waals surface area contributed by atoms with Crippen molar-refractivity contribution in [3.8, 4) is 11.3 Å². The zero-order chi connectivity index (χ0) is 16.7. The lowest BCUT2D eigenvalue weighted by Gasteiger charge is -2.62. The molecule has 126 valence electrons. The normalized spacial score (nSPS) is 24.2. The molecule has 2 aliphatic carbocycles. The van der Waals surface area contributed by atoms with E-state index in [1.807, 2.05) is 36.2 Å². The fourth-order valence-electron chi connectivity index (χ4n) is 4.32. The van der Waals surface area contributed by atoms with E-state index in [-0.39, 0.29) is 17.4 Å². The van der Waals surface area contributed by atoms with Crippen LogP contribution >= 0.6 is 0 Å². The molecule has 5 heteroatoms. The minimum absolute atomic E-state index is 0.0740. The van der Waals surface area contributed by atoms with Crippen molar-refractivity contribution < 1.29 is 13.9 Å². The molecule has 0 unspecified atom stereocenters. The highest BCUT2D eigenvalue weighted by Crippen LogP contribution is 2.58. The summed E-state index contributed by atoms with van der Waals surface area (Å²) in [4.78, 5) is 18.7. The zero-order valence-corrected chi connectivity index (χ0v) is 14.1. The molecule has 2 atom stereocenters. The number of amides is 1. The number of methoxy groups -OCH3 is 1. The molecular formula is C19H22N2O3. The van der Waals surface area contributed by atoms with E-state index in [0.29, 0.717) is 17.4 Å². The number of carbonyl (C=O) groups excluding carboxylic acids is 1. The van der Waals surface area contributed by atoms with E-state index in [1.54, 1.807) is 13.3 Å². The Hall–Kier alpha value is -2.14. The fraction of sp³-hybridized carbons (Fsp3) is 0.474. The van der Waals surface area contributed by atoms with E-state index < -0.39 is 0 Å². The second-order valence-electron chi connectivity index (χ2n) is 6.92. The fourth-order valence-corrected chi connectivity index (χ4v) is 4.32. The first-order chi connectivity index (χ1) is 11.7. The van der Waals surface area contributed by atoms with Gasteiger partial charge in [-0.05, 0) is 31.4 Å². The van der Waals surface area contributed by atoms with Crippen molar-refractivity contribution in [3.63, 3.8) is 0 Å². The molecule has 5 nitrogen and oxygen atoms in total. The van der Waals surface area contributed by atoms with Crippen LogP contribution in [-0.4, -0.2) is 42.1 Å². The van der Waals surface area contributed by atoms with Gasteiger partial charge in [0.1, 0.15) is 0 Å². The molecule has 4 rings (SSSR count). The van der Waals surface area contributed by atoms with Gasteiger partial charge in [-0.2, -0.15) is 0 Å². The highest BCUT2D eigenvalue weighted by atomic mass is 16.5. The van der Waals surface area contributed by atoms with Crippen LogP contribution in [0.4, 0.5) is 0 Å². The Balaban J connectivity index is 1.49. The minimum atomic E-state index is 0.0740. The molecule has 24 heavy (non-hydrogen) atoms. The molecule has 1 aromatic carbocycles. The summed E-state index contributed by atoms with van der Waals surface area (Å²) in [5.74, 6) is 0.780. The minimum Gasteiger partial charge on any atom is -0.444 e. The van der Waals surface area contributed by atoms with Gasteiger partial charge in [0.2, 0.25) is 0 Å². The van der Waals surface area contributed by atoms with Crippen LogP contribution in [0.15, 0.2) is 41.3 Å². The van der Waals surface area contributed by atoms with E-state index in [1.165, 1.54) is 12.8 Å². The van der Waals surface area contributed by atoms with Gasteiger partial charge in [-0.15, -0.1) is 0 Å². The molecule has 1 spiro atoms. The van der Waals surface area contributed by atoms with Crippen LogP contribution in [0.3, 0.4) is 0 Å². The van der Waals surface area contributed by atoms with Crippen LogP contribution in [-0.2, 0) is 4.74 Å². The highest BCUT2D eigenvalue weighted by molar-refractivity contribution is 5.94. The first kappa shape index (κ1) is 15.4. The first-order valence-electron chi connectivity index (χ1n) is 8.44. The highest BCUT2D eigenvalue weighted by Gasteiger charge is 2.60. The van der Waals surface area contributed by atoms with Gasteiger partial charge in [0, 0.05) is 36.7 Å². The summed E-state index contributed by atoms with van der Waals surface area (Å²) in [5, 5.41) is 0. The summed E-state index contributed by atoms with van der Waals surface area (Å²) in [7, 11) is 3.70. The van der Waals surface area contributed by atoms with Crippen molar-refractivity contribution in [2.45, 2.75) is 37.8 Å². The van der Waals surface area contributed by atoms with Crippen molar-refractivity contribution in [2.75, 3.05) is 14.2 Å². The smallest absolute Gasteiger partial charge is 0.253 e. The summed E-state index contributed by atoms with van der Waals surface area (Å²) < 4.78 is 10.9. The topological polar surface area (TPSA) is 55.6 Å². The summed E-state index contributed by atoms with van der Waals surface area (Å²) in [6.07, 6.45) is 7.89. The SMILES string of the molecule is CO[C@H]1C[C@H](N(C)C(=O)c2ccc(-c3cnco3)cc2)C12CCC2. The maximum atomic E-state index is 12.8. The number of ether oxygens (including phenoxy) is 1. The first-order valence-corrected chi connectivity index (χ1v) is 8.44. The summed E-state index contributed by atoms with van der Waals surface area (Å²) in [6.45, 7) is 0. The standard InChI is InChI=1S/C19H22N2O3/c1-21(16-10-17(23-2)19(16)8-3-9-19)18(22)14-6-4-13(5-7-14)15-11-20-12-24-15/h4-7,11-12,16-17H,3,8-10H2,1-2H3/t16-,17-/m0/s1. The van der Waals surface area contributed by atoms with Crippen molar-refractivity contribution in [1.29, 1.82) is 0 Å². The molecule has 2 aliphatic rings. The number of rotatable bonds is 4. The predicted molar refractivity (Wildman–Crippen MR) is 89.5 cm³/mol. The maximum absolute atomic E-state index is 12.8. The van der Waals surface area contributed by atoms with E-state index in [9.17, 15) is 4.79 Å². The summed E-state index contributed by atoms with van der Waals surface area (Å²) >= 11 is 0. The van der Waals surface area contributed by atoms with E-state index in [2.05, 4.69) is 4.98 Å². The molecular weight excluding hydrogens is 304 g/mol. The average molecular weight is 326 g/mol. The number of benzene rings is 1. The summed E-state index contributed by atoms with van der Waals surface area (Å²) in [6, 6.07) is 7.81. The Labute approximate surface area is 141 Å². The molecule has 1 heterocycles. The predicted octanol–water partition coefficient (Wildman–Crippen LogP) is 3.37. The molecule has 1 amide bonds. The molecule has 2 fully saturated rings. The monoisotopic (exact) mass is 326 g/mol. The molecule has 0 aliphatic heterocycles. The van der Waals surface area contributed by atoms with Gasteiger partial charge in [0.15, 0.2) is 12.2 Å². The van der Waals surface area contributed by atoms with Gasteiger partial charge in [0.05, 0.1) is 12.3 Å². The van der Waals surface area contributed by atoms with Crippen LogP contribution in [0.25, 0.3) is 11.3 Å². The molecule has 0 radical (unpaired) electrons. The molecule has 1 aromatic heterocycles. The maximum Gasteiger partial charge on any atom is 0.253 e. The van der Waals surface area contributed by atoms with Gasteiger partial charge in [-0.3, -0.25) is 4.79 Å². The third-order valence-electron chi connectivity index (χ3n) is 5.95. The van der Waals surface area contributed by atoms with Crippen LogP contribution < -0.4 is 0 Å². The lowest BCUT2D eigenvalue weighted by molar-refractivity contribution is -0.182. The number of hydrogen-bond acceptors (Lipinski definition) is 4. The molecule has 0 bridgehead atoms. The van der Waals surface area contributed by atoms with Crippen molar-refractivity contribution >= 4 is 5.91 Å². The van der Waals surface area contributed by atoms with Gasteiger partial charge >= 0.3 is 0 Å². The van der Waals surface area contributed by atoms with Crippen molar-refractivity contribution in [3.05, 3.63) is 42.4 Å². The van der Waals surface area contributed by atoms with Crippen LogP contribution in [0.1, 0.15) is 36.0 Å². The van der Waals surface area contributed by atoms with Crippen LogP contribution in [0, 0.1) is 5.41 Å². The number of hydrogen-bond donors (Lipinski definition) is 0. The lowest BCUT2D eigenvalue weighted by atomic mass is 9.50. The number of aromatic nitrogens is 1. The quantitative estimate of drug-likeness (QED) is 0.864. The third-order valence-corrected chi connectivity index (χ3v) is 5.95. The Kier molecular flexibility index (Phi) is 3.68. The van der Waals surface area contributed by atoms with E-state index in [0.717, 1.165) is 24.8 Å². The molecule has 2 aromatic rings. The summed E-state index contributed by atoms with van der Waals surface area (Å²) in [5.41, 5.74) is 1.82. The Morgan fingerprint density at radius 3 is 2.62 bits per heavy atom. The molecule has 2 saturated carbocycles. The van der Waals surface area contributed by atoms with Crippen LogP contribution in [0.5, 0.6) is 0 Å². The lowest BCUT2D eigenvalue weighted by Crippen LogP contribution is -2.67. The Bertz CT molecular complexity index is 720. The number of carbonyl (C=O) groups is 1. The second kappa shape index (κ2) is 5.74. The van der Waals surface area contributed by atoms with Crippen LogP contribution in [0.2, 0.25) is 0 Å². The Morgan fingerprint density at radius 1 is 1.33 bits per heavy atom. The van der Waals surface area contributed by atoms with E-state index >= 15 is 0 Å². The zero-order valence-electron chi connectivity index (χ0n) is 14.1. The Morgan fingerprint density at radius 2 is 2.08 bits per heavy atom. The number of oxazole rings is 1. The van der Waals surface area contributed by atoms with Gasteiger partial charge in [-0.25, -0.2) is 4.98 Å². The molecule has 0 N–H and O–H groups in total. The van der Waals surface area contributed by atoms with Crippen molar-refractivity contribution in [2.24, 2.45) is 5.41 Å². The average Bonchev–Trinajstić information content (AvgIpc) is 3.06. The number of nitrogens with zero attached hydrogens (tertiary/aromatic N) is 2. The van der Waals surface area contributed by atoms with E-state index in [4.69, 9.17) is 9.15 Å².